The zero-order chi connectivity index (χ0) is 10.4. The van der Waals surface area contributed by atoms with E-state index < -0.39 is 0 Å². The van der Waals surface area contributed by atoms with Crippen LogP contribution in [0, 0.1) is 0 Å². The van der Waals surface area contributed by atoms with Crippen molar-refractivity contribution in [1.29, 1.82) is 0 Å². The van der Waals surface area contributed by atoms with Crippen molar-refractivity contribution in [3.8, 4) is 5.75 Å². The van der Waals surface area contributed by atoms with E-state index in [2.05, 4.69) is 10.3 Å². The molecule has 0 saturated carbocycles. The van der Waals surface area contributed by atoms with Gasteiger partial charge in [-0.2, -0.15) is 0 Å². The van der Waals surface area contributed by atoms with Gasteiger partial charge < -0.3 is 15.8 Å². The Morgan fingerprint density at radius 1 is 1.57 bits per heavy atom. The normalized spacial score (nSPS) is 11.1. The molecule has 76 valence electrons. The number of hydrogen-bond donors (Lipinski definition) is 2. The van der Waals surface area contributed by atoms with Crippen molar-refractivity contribution >= 4 is 5.96 Å². The molecule has 0 amide bonds. The third-order valence-electron chi connectivity index (χ3n) is 1.85. The lowest BCUT2D eigenvalue weighted by Gasteiger charge is -2.06. The molecule has 14 heavy (non-hydrogen) atoms. The average Bonchev–Trinajstić information content (AvgIpc) is 2.26. The highest BCUT2D eigenvalue weighted by atomic mass is 16.5. The number of hydrogen-bond acceptors (Lipinski definition) is 2. The van der Waals surface area contributed by atoms with Gasteiger partial charge in [0.2, 0.25) is 0 Å². The number of aliphatic imine (C=N–C) groups is 1. The molecule has 4 nitrogen and oxygen atoms in total. The van der Waals surface area contributed by atoms with Crippen molar-refractivity contribution in [3.05, 3.63) is 29.8 Å². The third kappa shape index (κ3) is 2.97. The molecule has 0 saturated heterocycles. The Bertz CT molecular complexity index is 323. The Hall–Kier alpha value is -1.71. The fourth-order valence-electron chi connectivity index (χ4n) is 1.05. The topological polar surface area (TPSA) is 59.6 Å². The van der Waals surface area contributed by atoms with E-state index in [1.54, 1.807) is 14.2 Å². The molecule has 0 aliphatic heterocycles. The Morgan fingerprint density at radius 3 is 3.00 bits per heavy atom. The van der Waals surface area contributed by atoms with E-state index in [9.17, 15) is 0 Å². The van der Waals surface area contributed by atoms with Crippen LogP contribution in [0.3, 0.4) is 0 Å². The van der Waals surface area contributed by atoms with Gasteiger partial charge in [0.15, 0.2) is 5.96 Å². The van der Waals surface area contributed by atoms with Crippen molar-refractivity contribution in [1.82, 2.24) is 5.32 Å². The molecule has 4 heteroatoms. The van der Waals surface area contributed by atoms with Crippen molar-refractivity contribution in [3.63, 3.8) is 0 Å². The van der Waals surface area contributed by atoms with E-state index in [1.165, 1.54) is 0 Å². The van der Waals surface area contributed by atoms with Crippen LogP contribution in [0.25, 0.3) is 0 Å². The predicted molar refractivity (Wildman–Crippen MR) is 57.4 cm³/mol. The third-order valence-corrected chi connectivity index (χ3v) is 1.85. The van der Waals surface area contributed by atoms with Crippen LogP contribution in [0.1, 0.15) is 5.56 Å². The Balaban J connectivity index is 2.58. The molecule has 0 aliphatic carbocycles. The first-order valence-electron chi connectivity index (χ1n) is 4.35. The highest BCUT2D eigenvalue weighted by Gasteiger charge is 1.95. The summed E-state index contributed by atoms with van der Waals surface area (Å²) >= 11 is 0. The molecular formula is C10H15N3O. The van der Waals surface area contributed by atoms with E-state index >= 15 is 0 Å². The molecule has 0 aromatic heterocycles. The van der Waals surface area contributed by atoms with Gasteiger partial charge in [-0.3, -0.25) is 4.99 Å². The number of ether oxygens (including phenoxy) is 1. The summed E-state index contributed by atoms with van der Waals surface area (Å²) in [7, 11) is 3.29. The number of benzene rings is 1. The maximum absolute atomic E-state index is 5.50. The molecule has 0 radical (unpaired) electrons. The first-order valence-corrected chi connectivity index (χ1v) is 4.35. The van der Waals surface area contributed by atoms with Crippen LogP contribution < -0.4 is 15.8 Å². The number of rotatable bonds is 3. The first-order chi connectivity index (χ1) is 6.76. The summed E-state index contributed by atoms with van der Waals surface area (Å²) in [6.07, 6.45) is 0. The van der Waals surface area contributed by atoms with Gasteiger partial charge in [-0.1, -0.05) is 12.1 Å². The van der Waals surface area contributed by atoms with Crippen LogP contribution in [-0.4, -0.2) is 20.1 Å². The number of nitrogens with zero attached hydrogens (tertiary/aromatic N) is 1. The molecule has 0 fully saturated rings. The molecule has 1 aromatic carbocycles. The first kappa shape index (κ1) is 10.4. The molecule has 3 N–H and O–H groups in total. The van der Waals surface area contributed by atoms with Gasteiger partial charge >= 0.3 is 0 Å². The maximum Gasteiger partial charge on any atom is 0.188 e. The SMILES string of the molecule is CN=C(N)NCc1cccc(OC)c1. The summed E-state index contributed by atoms with van der Waals surface area (Å²) in [4.78, 5) is 3.80. The number of nitrogens with two attached hydrogens (primary N) is 1. The Morgan fingerprint density at radius 2 is 2.36 bits per heavy atom. The van der Waals surface area contributed by atoms with Gasteiger partial charge in [0.25, 0.3) is 0 Å². The molecule has 0 bridgehead atoms. The van der Waals surface area contributed by atoms with Gasteiger partial charge in [-0.25, -0.2) is 0 Å². The lowest BCUT2D eigenvalue weighted by molar-refractivity contribution is 0.414. The lowest BCUT2D eigenvalue weighted by atomic mass is 10.2. The van der Waals surface area contributed by atoms with Gasteiger partial charge in [0.05, 0.1) is 7.11 Å². The van der Waals surface area contributed by atoms with Crippen molar-refractivity contribution in [2.75, 3.05) is 14.2 Å². The number of methoxy groups -OCH3 is 1. The minimum Gasteiger partial charge on any atom is -0.497 e. The molecule has 0 atom stereocenters. The second-order valence-corrected chi connectivity index (χ2v) is 2.81. The van der Waals surface area contributed by atoms with Gasteiger partial charge in [-0.05, 0) is 17.7 Å². The van der Waals surface area contributed by atoms with E-state index in [-0.39, 0.29) is 0 Å². The monoisotopic (exact) mass is 193 g/mol. The fraction of sp³-hybridized carbons (Fsp3) is 0.300. The van der Waals surface area contributed by atoms with Crippen LogP contribution >= 0.6 is 0 Å². The van der Waals surface area contributed by atoms with Crippen LogP contribution in [0.15, 0.2) is 29.3 Å². The summed E-state index contributed by atoms with van der Waals surface area (Å²) in [6.45, 7) is 0.653. The minimum absolute atomic E-state index is 0.438. The van der Waals surface area contributed by atoms with Crippen molar-refractivity contribution < 1.29 is 4.74 Å². The summed E-state index contributed by atoms with van der Waals surface area (Å²) < 4.78 is 5.10. The van der Waals surface area contributed by atoms with Crippen LogP contribution in [-0.2, 0) is 6.54 Å². The Labute approximate surface area is 83.8 Å². The molecule has 1 rings (SSSR count). The van der Waals surface area contributed by atoms with Crippen LogP contribution in [0.5, 0.6) is 5.75 Å². The zero-order valence-electron chi connectivity index (χ0n) is 8.45. The molecule has 0 heterocycles. The van der Waals surface area contributed by atoms with E-state index in [1.807, 2.05) is 24.3 Å². The van der Waals surface area contributed by atoms with Crippen LogP contribution in [0.2, 0.25) is 0 Å². The number of guanidine groups is 1. The summed E-state index contributed by atoms with van der Waals surface area (Å²) in [5.74, 6) is 1.28. The molecule has 1 aromatic rings. The summed E-state index contributed by atoms with van der Waals surface area (Å²) in [5.41, 5.74) is 6.61. The largest absolute Gasteiger partial charge is 0.497 e. The molecule has 0 spiro atoms. The van der Waals surface area contributed by atoms with Gasteiger partial charge in [0, 0.05) is 13.6 Å². The highest BCUT2D eigenvalue weighted by molar-refractivity contribution is 5.77. The Kier molecular flexibility index (Phi) is 3.79. The highest BCUT2D eigenvalue weighted by Crippen LogP contribution is 2.11. The van der Waals surface area contributed by atoms with E-state index in [4.69, 9.17) is 10.5 Å². The molecular weight excluding hydrogens is 178 g/mol. The molecule has 0 unspecified atom stereocenters. The maximum atomic E-state index is 5.50. The number of nitrogens with one attached hydrogen (secondary N) is 1. The summed E-state index contributed by atoms with van der Waals surface area (Å²) in [5, 5.41) is 2.97. The predicted octanol–water partition coefficient (Wildman–Crippen LogP) is 0.729. The second kappa shape index (κ2) is 5.11. The second-order valence-electron chi connectivity index (χ2n) is 2.81. The smallest absolute Gasteiger partial charge is 0.188 e. The van der Waals surface area contributed by atoms with Crippen molar-refractivity contribution in [2.24, 2.45) is 10.7 Å². The van der Waals surface area contributed by atoms with E-state index in [0.717, 1.165) is 11.3 Å². The minimum atomic E-state index is 0.438. The van der Waals surface area contributed by atoms with Crippen molar-refractivity contribution in [2.45, 2.75) is 6.54 Å². The average molecular weight is 193 g/mol. The fourth-order valence-corrected chi connectivity index (χ4v) is 1.05. The quantitative estimate of drug-likeness (QED) is 0.549. The van der Waals surface area contributed by atoms with E-state index in [0.29, 0.717) is 12.5 Å². The van der Waals surface area contributed by atoms with Gasteiger partial charge in [-0.15, -0.1) is 0 Å². The summed E-state index contributed by atoms with van der Waals surface area (Å²) in [6, 6.07) is 7.80. The lowest BCUT2D eigenvalue weighted by Crippen LogP contribution is -2.30. The van der Waals surface area contributed by atoms with Gasteiger partial charge in [0.1, 0.15) is 5.75 Å². The standard InChI is InChI=1S/C10H15N3O/c1-12-10(11)13-7-8-4-3-5-9(6-8)14-2/h3-6H,7H2,1-2H3,(H3,11,12,13). The molecule has 0 aliphatic rings. The van der Waals surface area contributed by atoms with Crippen LogP contribution in [0.4, 0.5) is 0 Å². The zero-order valence-corrected chi connectivity index (χ0v) is 8.45.